The predicted octanol–water partition coefficient (Wildman–Crippen LogP) is 1.96. The number of carbonyl (C=O) groups excluding carboxylic acids is 1. The fourth-order valence-electron chi connectivity index (χ4n) is 4.89. The molecule has 0 saturated heterocycles. The van der Waals surface area contributed by atoms with Crippen molar-refractivity contribution in [3.05, 3.63) is 82.0 Å². The van der Waals surface area contributed by atoms with E-state index < -0.39 is 16.8 Å². The van der Waals surface area contributed by atoms with E-state index in [1.165, 1.54) is 11.3 Å². The minimum Gasteiger partial charge on any atom is -0.394 e. The maximum absolute atomic E-state index is 12.8. The van der Waals surface area contributed by atoms with Crippen LogP contribution in [0.5, 0.6) is 0 Å². The van der Waals surface area contributed by atoms with Gasteiger partial charge in [0.05, 0.1) is 5.39 Å². The van der Waals surface area contributed by atoms with Crippen LogP contribution in [0, 0.1) is 0 Å². The number of aromatic nitrogens is 2. The molecule has 2 aromatic carbocycles. The topological polar surface area (TPSA) is 138 Å². The van der Waals surface area contributed by atoms with Crippen LogP contribution in [0.15, 0.2) is 32.6 Å². The molecule has 6 rings (SSSR count). The largest absolute Gasteiger partial charge is 0.394 e. The Kier molecular flexibility index (Phi) is 5.08. The van der Waals surface area contributed by atoms with Gasteiger partial charge in [0, 0.05) is 35.5 Å². The van der Waals surface area contributed by atoms with Gasteiger partial charge in [-0.3, -0.25) is 19.2 Å². The molecule has 0 spiro atoms. The second kappa shape index (κ2) is 8.06. The van der Waals surface area contributed by atoms with Crippen LogP contribution in [0.1, 0.15) is 49.9 Å². The number of rotatable bonds is 4. The molecule has 4 aromatic rings. The minimum atomic E-state index is -0.618. The molecule has 1 atom stereocenters. The number of nitrogens with two attached hydrogens (primary N) is 1. The Labute approximate surface area is 207 Å². The lowest BCUT2D eigenvalue weighted by molar-refractivity contribution is 0.0940. The van der Waals surface area contributed by atoms with E-state index in [1.807, 2.05) is 23.1 Å². The molecule has 178 valence electrons. The molecule has 9 nitrogen and oxygen atoms in total. The first-order chi connectivity index (χ1) is 16.8. The van der Waals surface area contributed by atoms with E-state index in [1.54, 1.807) is 11.8 Å². The van der Waals surface area contributed by atoms with Crippen LogP contribution in [-0.2, 0) is 25.3 Å². The Morgan fingerprint density at radius 3 is 2.89 bits per heavy atom. The molecule has 0 aliphatic carbocycles. The molecule has 0 fully saturated rings. The standard InChI is InChI=1S/C24H21N5O4S2/c1-10-15-14(9-34-10)35-24-16(15)22(32)27-21(28-24)23(33)26-7-11-2-3-12-4-5-29(8-13(12)6-11)18-17(25)19(30)20(18)31/h2-3,6,10H,4-5,7-9,25H2,1H3,(H,26,33)(H,27,28,32). The van der Waals surface area contributed by atoms with Crippen molar-refractivity contribution in [2.24, 2.45) is 0 Å². The molecule has 4 heterocycles. The van der Waals surface area contributed by atoms with Crippen LogP contribution in [0.3, 0.4) is 0 Å². The van der Waals surface area contributed by atoms with E-state index in [-0.39, 0.29) is 28.9 Å². The monoisotopic (exact) mass is 507 g/mol. The summed E-state index contributed by atoms with van der Waals surface area (Å²) in [6, 6.07) is 5.94. The minimum absolute atomic E-state index is 0.00226. The van der Waals surface area contributed by atoms with E-state index >= 15 is 0 Å². The normalized spacial score (nSPS) is 17.1. The molecule has 1 unspecified atom stereocenters. The zero-order valence-electron chi connectivity index (χ0n) is 18.8. The van der Waals surface area contributed by atoms with Crippen LogP contribution in [-0.4, -0.2) is 22.4 Å². The number of hydrogen-bond acceptors (Lipinski definition) is 9. The molecule has 2 aliphatic rings. The maximum atomic E-state index is 12.8. The van der Waals surface area contributed by atoms with Crippen LogP contribution < -0.4 is 32.4 Å². The first-order valence-corrected chi connectivity index (χ1v) is 13.1. The number of nitrogens with one attached hydrogen (secondary N) is 2. The summed E-state index contributed by atoms with van der Waals surface area (Å²) in [6.07, 6.45) is 0.729. The van der Waals surface area contributed by atoms with Gasteiger partial charge >= 0.3 is 0 Å². The number of thiophene rings is 1. The molecule has 2 aromatic heterocycles. The number of benzene rings is 1. The van der Waals surface area contributed by atoms with Gasteiger partial charge in [0.15, 0.2) is 0 Å². The van der Waals surface area contributed by atoms with Crippen LogP contribution >= 0.6 is 23.1 Å². The number of nitrogens with zero attached hydrogens (tertiary/aromatic N) is 2. The molecule has 35 heavy (non-hydrogen) atoms. The van der Waals surface area contributed by atoms with E-state index in [0.29, 0.717) is 29.0 Å². The lowest BCUT2D eigenvalue weighted by atomic mass is 9.96. The fourth-order valence-corrected chi connectivity index (χ4v) is 7.45. The highest BCUT2D eigenvalue weighted by Gasteiger charge is 2.28. The zero-order chi connectivity index (χ0) is 24.4. The first-order valence-electron chi connectivity index (χ1n) is 11.2. The molecule has 1 amide bonds. The van der Waals surface area contributed by atoms with Crippen LogP contribution in [0.2, 0.25) is 0 Å². The lowest BCUT2D eigenvalue weighted by Crippen LogP contribution is -2.44. The van der Waals surface area contributed by atoms with Crippen molar-refractivity contribution in [1.82, 2.24) is 15.3 Å². The van der Waals surface area contributed by atoms with Crippen molar-refractivity contribution in [2.75, 3.05) is 17.2 Å². The third-order valence-corrected chi connectivity index (χ3v) is 9.21. The number of anilines is 2. The summed E-state index contributed by atoms with van der Waals surface area (Å²) in [4.78, 5) is 59.6. The predicted molar refractivity (Wildman–Crippen MR) is 138 cm³/mol. The van der Waals surface area contributed by atoms with Gasteiger partial charge in [-0.15, -0.1) is 23.1 Å². The number of fused-ring (bicyclic) bond motifs is 4. The number of hydrogen-bond donors (Lipinski definition) is 3. The molecule has 0 bridgehead atoms. The number of amides is 1. The van der Waals surface area contributed by atoms with E-state index in [9.17, 15) is 19.2 Å². The van der Waals surface area contributed by atoms with Crippen molar-refractivity contribution in [1.29, 1.82) is 0 Å². The van der Waals surface area contributed by atoms with Gasteiger partial charge in [-0.05, 0) is 35.6 Å². The summed E-state index contributed by atoms with van der Waals surface area (Å²) in [5.41, 5.74) is 8.74. The van der Waals surface area contributed by atoms with Crippen LogP contribution in [0.4, 0.5) is 11.4 Å². The third-order valence-electron chi connectivity index (χ3n) is 6.74. The highest BCUT2D eigenvalue weighted by atomic mass is 32.2. The quantitative estimate of drug-likeness (QED) is 0.357. The van der Waals surface area contributed by atoms with Gasteiger partial charge < -0.3 is 20.9 Å². The molecular formula is C24H21N5O4S2. The second-order valence-electron chi connectivity index (χ2n) is 8.86. The Hall–Kier alpha value is -3.44. The van der Waals surface area contributed by atoms with Gasteiger partial charge in [0.1, 0.15) is 16.2 Å². The molecule has 4 N–H and O–H groups in total. The smallest absolute Gasteiger partial charge is 0.287 e. The number of thioether (sulfide) groups is 1. The number of aromatic amines is 1. The summed E-state index contributed by atoms with van der Waals surface area (Å²) >= 11 is 3.28. The second-order valence-corrected chi connectivity index (χ2v) is 11.3. The lowest BCUT2D eigenvalue weighted by Gasteiger charge is -2.32. The summed E-state index contributed by atoms with van der Waals surface area (Å²) in [5.74, 6) is 0.418. The van der Waals surface area contributed by atoms with E-state index in [0.717, 1.165) is 39.3 Å². The maximum Gasteiger partial charge on any atom is 0.287 e. The number of H-pyrrole nitrogens is 1. The van der Waals surface area contributed by atoms with Gasteiger partial charge in [-0.2, -0.15) is 0 Å². The van der Waals surface area contributed by atoms with Crippen LogP contribution in [0.25, 0.3) is 10.2 Å². The van der Waals surface area contributed by atoms with E-state index in [2.05, 4.69) is 22.2 Å². The van der Waals surface area contributed by atoms with Crippen molar-refractivity contribution in [2.45, 2.75) is 37.4 Å². The van der Waals surface area contributed by atoms with Crippen molar-refractivity contribution in [3.63, 3.8) is 0 Å². The number of nitrogen functional groups attached to an aromatic ring is 1. The molecule has 0 radical (unpaired) electrons. The Balaban J connectivity index is 1.19. The Bertz CT molecular complexity index is 1660. The van der Waals surface area contributed by atoms with Gasteiger partial charge in [-0.25, -0.2) is 4.98 Å². The third kappa shape index (κ3) is 3.49. The average Bonchev–Trinajstić information content (AvgIpc) is 3.41. The summed E-state index contributed by atoms with van der Waals surface area (Å²) in [5, 5.41) is 3.68. The van der Waals surface area contributed by atoms with Gasteiger partial charge in [-0.1, -0.05) is 18.2 Å². The Morgan fingerprint density at radius 2 is 2.09 bits per heavy atom. The SMILES string of the molecule is CC1SCc2sc3nc(C(=O)NCc4ccc5c(c4)CN(c4c(N)c(=O)c4=O)CC5)[nH]c(=O)c3c21. The number of carbonyl (C=O) groups is 1. The van der Waals surface area contributed by atoms with E-state index in [4.69, 9.17) is 5.73 Å². The van der Waals surface area contributed by atoms with Crippen molar-refractivity contribution < 1.29 is 4.79 Å². The average molecular weight is 508 g/mol. The van der Waals surface area contributed by atoms with Crippen molar-refractivity contribution >= 4 is 50.6 Å². The zero-order valence-corrected chi connectivity index (χ0v) is 20.4. The highest BCUT2D eigenvalue weighted by Crippen LogP contribution is 2.47. The molecule has 0 saturated carbocycles. The highest BCUT2D eigenvalue weighted by molar-refractivity contribution is 7.99. The molecular weight excluding hydrogens is 486 g/mol. The molecule has 2 aliphatic heterocycles. The summed E-state index contributed by atoms with van der Waals surface area (Å²) < 4.78 is 0. The van der Waals surface area contributed by atoms with Crippen molar-refractivity contribution in [3.8, 4) is 0 Å². The first kappa shape index (κ1) is 22.1. The fraction of sp³-hybridized carbons (Fsp3) is 0.292. The van der Waals surface area contributed by atoms with Gasteiger partial charge in [0.2, 0.25) is 5.82 Å². The summed E-state index contributed by atoms with van der Waals surface area (Å²) in [7, 11) is 0. The molecule has 11 heteroatoms. The van der Waals surface area contributed by atoms with Gasteiger partial charge in [0.25, 0.3) is 22.3 Å². The summed E-state index contributed by atoms with van der Waals surface area (Å²) in [6.45, 7) is 3.42. The Morgan fingerprint density at radius 1 is 1.26 bits per heavy atom.